The maximum atomic E-state index is 13.4. The summed E-state index contributed by atoms with van der Waals surface area (Å²) in [6, 6.07) is 14.9. The SMILES string of the molecule is COc1cc(CNC(=O)c2ccc(NS(=O)(=O)c3ccc(F)c(C)c3)cc2)cc(OC)c1. The lowest BCUT2D eigenvalue weighted by Crippen LogP contribution is -2.22. The van der Waals surface area contributed by atoms with E-state index in [1.54, 1.807) is 32.4 Å². The van der Waals surface area contributed by atoms with Gasteiger partial charge in [-0.1, -0.05) is 0 Å². The number of ether oxygens (including phenoxy) is 2. The maximum absolute atomic E-state index is 13.4. The number of halogens is 1. The number of hydrogen-bond acceptors (Lipinski definition) is 5. The Labute approximate surface area is 186 Å². The van der Waals surface area contributed by atoms with Crippen molar-refractivity contribution in [2.24, 2.45) is 0 Å². The van der Waals surface area contributed by atoms with Crippen LogP contribution in [-0.2, 0) is 16.6 Å². The van der Waals surface area contributed by atoms with Crippen LogP contribution in [0.25, 0.3) is 0 Å². The molecular formula is C23H23FN2O5S. The van der Waals surface area contributed by atoms with E-state index in [0.29, 0.717) is 17.1 Å². The van der Waals surface area contributed by atoms with Crippen molar-refractivity contribution >= 4 is 21.6 Å². The van der Waals surface area contributed by atoms with Crippen molar-refractivity contribution in [1.82, 2.24) is 5.32 Å². The Morgan fingerprint density at radius 2 is 1.56 bits per heavy atom. The molecule has 0 saturated heterocycles. The van der Waals surface area contributed by atoms with Crippen molar-refractivity contribution in [1.29, 1.82) is 0 Å². The molecule has 3 aromatic rings. The van der Waals surface area contributed by atoms with Crippen molar-refractivity contribution in [3.05, 3.63) is 83.2 Å². The lowest BCUT2D eigenvalue weighted by Gasteiger charge is -2.11. The summed E-state index contributed by atoms with van der Waals surface area (Å²) in [6.45, 7) is 1.74. The highest BCUT2D eigenvalue weighted by Gasteiger charge is 2.16. The van der Waals surface area contributed by atoms with Crippen LogP contribution in [0.2, 0.25) is 0 Å². The number of carbonyl (C=O) groups is 1. The van der Waals surface area contributed by atoms with E-state index in [0.717, 1.165) is 11.6 Å². The average Bonchev–Trinajstić information content (AvgIpc) is 2.79. The summed E-state index contributed by atoms with van der Waals surface area (Å²) >= 11 is 0. The van der Waals surface area contributed by atoms with E-state index in [4.69, 9.17) is 9.47 Å². The molecular weight excluding hydrogens is 435 g/mol. The highest BCUT2D eigenvalue weighted by Crippen LogP contribution is 2.23. The van der Waals surface area contributed by atoms with Crippen molar-refractivity contribution in [2.75, 3.05) is 18.9 Å². The Bertz CT molecular complexity index is 1210. The molecule has 7 nitrogen and oxygen atoms in total. The number of carbonyl (C=O) groups excluding carboxylic acids is 1. The minimum atomic E-state index is -3.89. The fraction of sp³-hybridized carbons (Fsp3) is 0.174. The number of sulfonamides is 1. The van der Waals surface area contributed by atoms with Crippen LogP contribution in [-0.4, -0.2) is 28.5 Å². The summed E-state index contributed by atoms with van der Waals surface area (Å²) in [6.07, 6.45) is 0. The average molecular weight is 459 g/mol. The lowest BCUT2D eigenvalue weighted by atomic mass is 10.1. The van der Waals surface area contributed by atoms with Gasteiger partial charge in [-0.05, 0) is 72.6 Å². The third kappa shape index (κ3) is 5.55. The minimum Gasteiger partial charge on any atom is -0.497 e. The highest BCUT2D eigenvalue weighted by molar-refractivity contribution is 7.92. The molecule has 0 saturated carbocycles. The predicted octanol–water partition coefficient (Wildman–Crippen LogP) is 3.88. The van der Waals surface area contributed by atoms with Gasteiger partial charge >= 0.3 is 0 Å². The van der Waals surface area contributed by atoms with Crippen LogP contribution in [0.3, 0.4) is 0 Å². The van der Waals surface area contributed by atoms with Crippen LogP contribution < -0.4 is 19.5 Å². The molecule has 32 heavy (non-hydrogen) atoms. The number of amides is 1. The molecule has 1 amide bonds. The molecule has 0 aliphatic carbocycles. The summed E-state index contributed by atoms with van der Waals surface area (Å²) in [5.41, 5.74) is 1.67. The molecule has 3 rings (SSSR count). The topological polar surface area (TPSA) is 93.7 Å². The molecule has 2 N–H and O–H groups in total. The van der Waals surface area contributed by atoms with Crippen LogP contribution in [0.1, 0.15) is 21.5 Å². The molecule has 0 aliphatic heterocycles. The molecule has 0 bridgehead atoms. The third-order valence-electron chi connectivity index (χ3n) is 4.70. The summed E-state index contributed by atoms with van der Waals surface area (Å²) < 4.78 is 51.3. The number of nitrogens with one attached hydrogen (secondary N) is 2. The van der Waals surface area contributed by atoms with Gasteiger partial charge in [-0.25, -0.2) is 12.8 Å². The number of aryl methyl sites for hydroxylation is 1. The smallest absolute Gasteiger partial charge is 0.261 e. The van der Waals surface area contributed by atoms with Gasteiger partial charge in [0.25, 0.3) is 15.9 Å². The first-order valence-electron chi connectivity index (χ1n) is 9.61. The van der Waals surface area contributed by atoms with E-state index in [2.05, 4.69) is 10.0 Å². The Morgan fingerprint density at radius 1 is 0.938 bits per heavy atom. The van der Waals surface area contributed by atoms with Crippen LogP contribution in [0.5, 0.6) is 11.5 Å². The number of benzene rings is 3. The first kappa shape index (κ1) is 23.1. The number of hydrogen-bond donors (Lipinski definition) is 2. The van der Waals surface area contributed by atoms with Crippen molar-refractivity contribution in [3.8, 4) is 11.5 Å². The molecule has 0 spiro atoms. The quantitative estimate of drug-likeness (QED) is 0.534. The highest BCUT2D eigenvalue weighted by atomic mass is 32.2. The van der Waals surface area contributed by atoms with Gasteiger partial charge in [0.15, 0.2) is 0 Å². The largest absolute Gasteiger partial charge is 0.497 e. The molecule has 0 aliphatic rings. The molecule has 168 valence electrons. The maximum Gasteiger partial charge on any atom is 0.261 e. The number of methoxy groups -OCH3 is 2. The zero-order chi connectivity index (χ0) is 23.3. The van der Waals surface area contributed by atoms with Gasteiger partial charge in [-0.3, -0.25) is 9.52 Å². The molecule has 0 unspecified atom stereocenters. The summed E-state index contributed by atoms with van der Waals surface area (Å²) in [4.78, 5) is 12.4. The van der Waals surface area contributed by atoms with Crippen LogP contribution in [0.4, 0.5) is 10.1 Å². The molecule has 9 heteroatoms. The Hall–Kier alpha value is -3.59. The Kier molecular flexibility index (Phi) is 6.99. The van der Waals surface area contributed by atoms with E-state index >= 15 is 0 Å². The molecule has 0 heterocycles. The van der Waals surface area contributed by atoms with Crippen LogP contribution in [0, 0.1) is 12.7 Å². The van der Waals surface area contributed by atoms with E-state index in [1.807, 2.05) is 0 Å². The standard InChI is InChI=1S/C23H23FN2O5S/c1-15-10-21(8-9-22(15)24)32(28,29)26-18-6-4-17(5-7-18)23(27)25-14-16-11-19(30-2)13-20(12-16)31-3/h4-13,26H,14H2,1-3H3,(H,25,27). The molecule has 0 radical (unpaired) electrons. The van der Waals surface area contributed by atoms with Gasteiger partial charge in [-0.2, -0.15) is 0 Å². The van der Waals surface area contributed by atoms with E-state index in [-0.39, 0.29) is 28.6 Å². The van der Waals surface area contributed by atoms with Gasteiger partial charge in [-0.15, -0.1) is 0 Å². The van der Waals surface area contributed by atoms with Gasteiger partial charge in [0, 0.05) is 23.9 Å². The predicted molar refractivity (Wildman–Crippen MR) is 119 cm³/mol. The zero-order valence-electron chi connectivity index (χ0n) is 17.8. The minimum absolute atomic E-state index is 0.0491. The fourth-order valence-corrected chi connectivity index (χ4v) is 4.08. The Morgan fingerprint density at radius 3 is 2.12 bits per heavy atom. The molecule has 0 fully saturated rings. The second kappa shape index (κ2) is 9.69. The van der Waals surface area contributed by atoms with Gasteiger partial charge < -0.3 is 14.8 Å². The normalized spacial score (nSPS) is 11.0. The van der Waals surface area contributed by atoms with Crippen molar-refractivity contribution < 1.29 is 27.1 Å². The number of anilines is 1. The monoisotopic (exact) mass is 458 g/mol. The first-order valence-corrected chi connectivity index (χ1v) is 11.1. The van der Waals surface area contributed by atoms with Crippen molar-refractivity contribution in [2.45, 2.75) is 18.4 Å². The van der Waals surface area contributed by atoms with Crippen molar-refractivity contribution in [3.63, 3.8) is 0 Å². The van der Waals surface area contributed by atoms with Gasteiger partial charge in [0.2, 0.25) is 0 Å². The zero-order valence-corrected chi connectivity index (χ0v) is 18.6. The second-order valence-electron chi connectivity index (χ2n) is 7.00. The van der Waals surface area contributed by atoms with Crippen LogP contribution in [0.15, 0.2) is 65.6 Å². The fourth-order valence-electron chi connectivity index (χ4n) is 2.94. The van der Waals surface area contributed by atoms with E-state index in [1.165, 1.54) is 43.3 Å². The molecule has 3 aromatic carbocycles. The molecule has 0 aromatic heterocycles. The summed E-state index contributed by atoms with van der Waals surface area (Å²) in [5, 5.41) is 2.80. The van der Waals surface area contributed by atoms with Gasteiger partial charge in [0.1, 0.15) is 17.3 Å². The third-order valence-corrected chi connectivity index (χ3v) is 6.08. The second-order valence-corrected chi connectivity index (χ2v) is 8.68. The van der Waals surface area contributed by atoms with E-state index in [9.17, 15) is 17.6 Å². The van der Waals surface area contributed by atoms with E-state index < -0.39 is 15.8 Å². The summed E-state index contributed by atoms with van der Waals surface area (Å²) in [5.74, 6) is 0.422. The van der Waals surface area contributed by atoms with Crippen LogP contribution >= 0.6 is 0 Å². The van der Waals surface area contributed by atoms with Gasteiger partial charge in [0.05, 0.1) is 19.1 Å². The number of rotatable bonds is 8. The summed E-state index contributed by atoms with van der Waals surface area (Å²) in [7, 11) is -0.795. The Balaban J connectivity index is 1.66. The lowest BCUT2D eigenvalue weighted by molar-refractivity contribution is 0.0951. The molecule has 0 atom stereocenters. The first-order chi connectivity index (χ1) is 15.2.